The molecule has 0 unspecified atom stereocenters. The smallest absolute Gasteiger partial charge is 0.335 e. The third-order valence-corrected chi connectivity index (χ3v) is 5.51. The molecule has 9 heteroatoms. The summed E-state index contributed by atoms with van der Waals surface area (Å²) in [5.74, 6) is -2.48. The normalized spacial score (nSPS) is 13.2. The molecule has 0 bridgehead atoms. The summed E-state index contributed by atoms with van der Waals surface area (Å²) in [7, 11) is 0. The zero-order valence-corrected chi connectivity index (χ0v) is 16.5. The summed E-state index contributed by atoms with van der Waals surface area (Å²) >= 11 is 12.2. The lowest BCUT2D eigenvalue weighted by molar-refractivity contribution is 0.0696. The number of nitrogens with zero attached hydrogens (tertiary/aromatic N) is 3. The molecule has 6 nitrogen and oxygen atoms in total. The van der Waals surface area contributed by atoms with Crippen LogP contribution < -0.4 is 0 Å². The van der Waals surface area contributed by atoms with E-state index >= 15 is 0 Å². The number of hydrogen-bond donors (Lipinski definition) is 1. The second-order valence-corrected chi connectivity index (χ2v) is 7.42. The van der Waals surface area contributed by atoms with Crippen molar-refractivity contribution in [3.05, 3.63) is 68.8 Å². The lowest BCUT2D eigenvalue weighted by Crippen LogP contribution is -2.19. The van der Waals surface area contributed by atoms with Gasteiger partial charge in [0.15, 0.2) is 0 Å². The second kappa shape index (κ2) is 7.57. The highest BCUT2D eigenvalue weighted by molar-refractivity contribution is 6.39. The highest BCUT2D eigenvalue weighted by Crippen LogP contribution is 2.34. The Balaban J connectivity index is 1.88. The van der Waals surface area contributed by atoms with E-state index in [1.807, 2.05) is 0 Å². The van der Waals surface area contributed by atoms with E-state index in [4.69, 9.17) is 28.3 Å². The van der Waals surface area contributed by atoms with E-state index in [-0.39, 0.29) is 26.9 Å². The lowest BCUT2D eigenvalue weighted by Gasteiger charge is -2.14. The molecule has 0 radical (unpaired) electrons. The summed E-state index contributed by atoms with van der Waals surface area (Å²) in [5, 5.41) is 13.6. The first-order valence-corrected chi connectivity index (χ1v) is 9.62. The van der Waals surface area contributed by atoms with Crippen LogP contribution in [0.1, 0.15) is 44.8 Å². The summed E-state index contributed by atoms with van der Waals surface area (Å²) in [6, 6.07) is 5.09. The van der Waals surface area contributed by atoms with Crippen LogP contribution in [0.3, 0.4) is 0 Å². The molecule has 0 atom stereocenters. The molecule has 0 aliphatic heterocycles. The van der Waals surface area contributed by atoms with Gasteiger partial charge in [-0.25, -0.2) is 14.2 Å². The Morgan fingerprint density at radius 2 is 1.90 bits per heavy atom. The summed E-state index contributed by atoms with van der Waals surface area (Å²) in [6.07, 6.45) is 4.36. The fourth-order valence-corrected chi connectivity index (χ4v) is 4.05. The van der Waals surface area contributed by atoms with Gasteiger partial charge in [-0.2, -0.15) is 9.78 Å². The Labute approximate surface area is 174 Å². The first kappa shape index (κ1) is 19.5. The van der Waals surface area contributed by atoms with Crippen molar-refractivity contribution in [1.29, 1.82) is 0 Å². The maximum atomic E-state index is 14.7. The predicted molar refractivity (Wildman–Crippen MR) is 105 cm³/mol. The number of carboxylic acids is 1. The SMILES string of the molecule is O=C(O)c1ccc(-c2nn(C(=O)c3c(Cl)ccnc3Cl)c3c2CCCC3)c(F)c1. The summed E-state index contributed by atoms with van der Waals surface area (Å²) < 4.78 is 15.9. The van der Waals surface area contributed by atoms with Crippen molar-refractivity contribution in [3.8, 4) is 11.3 Å². The van der Waals surface area contributed by atoms with Crippen molar-refractivity contribution >= 4 is 35.1 Å². The van der Waals surface area contributed by atoms with Crippen molar-refractivity contribution in [2.75, 3.05) is 0 Å². The molecule has 3 aromatic rings. The molecular formula is C20H14Cl2FN3O3. The molecule has 4 rings (SSSR count). The average Bonchev–Trinajstić information content (AvgIpc) is 3.07. The van der Waals surface area contributed by atoms with Crippen molar-refractivity contribution in [2.45, 2.75) is 25.7 Å². The predicted octanol–water partition coefficient (Wildman–Crippen LogP) is 4.66. The third-order valence-electron chi connectivity index (χ3n) is 4.91. The van der Waals surface area contributed by atoms with Crippen molar-refractivity contribution < 1.29 is 19.1 Å². The van der Waals surface area contributed by atoms with Crippen LogP contribution in [0.5, 0.6) is 0 Å². The number of carbonyl (C=O) groups excluding carboxylic acids is 1. The first-order valence-electron chi connectivity index (χ1n) is 8.87. The van der Waals surface area contributed by atoms with E-state index in [1.165, 1.54) is 29.1 Å². The molecule has 29 heavy (non-hydrogen) atoms. The van der Waals surface area contributed by atoms with E-state index in [9.17, 15) is 14.0 Å². The van der Waals surface area contributed by atoms with Crippen LogP contribution in [0, 0.1) is 5.82 Å². The van der Waals surface area contributed by atoms with Crippen molar-refractivity contribution in [1.82, 2.24) is 14.8 Å². The number of carboxylic acid groups (broad SMARTS) is 1. The molecule has 1 aromatic carbocycles. The minimum atomic E-state index is -1.22. The van der Waals surface area contributed by atoms with Gasteiger partial charge in [-0.1, -0.05) is 23.2 Å². The van der Waals surface area contributed by atoms with Crippen LogP contribution in [0.15, 0.2) is 30.5 Å². The lowest BCUT2D eigenvalue weighted by atomic mass is 9.93. The molecule has 0 fully saturated rings. The molecule has 0 saturated heterocycles. The molecule has 0 amide bonds. The van der Waals surface area contributed by atoms with Gasteiger partial charge in [-0.3, -0.25) is 4.79 Å². The minimum absolute atomic E-state index is 0.0277. The molecule has 1 N–H and O–H groups in total. The molecule has 148 valence electrons. The molecule has 1 aliphatic carbocycles. The number of benzene rings is 1. The Hall–Kier alpha value is -2.77. The van der Waals surface area contributed by atoms with Gasteiger partial charge < -0.3 is 5.11 Å². The van der Waals surface area contributed by atoms with Gasteiger partial charge in [0.1, 0.15) is 11.0 Å². The number of rotatable bonds is 3. The zero-order valence-electron chi connectivity index (χ0n) is 15.0. The van der Waals surface area contributed by atoms with E-state index in [2.05, 4.69) is 10.1 Å². The van der Waals surface area contributed by atoms with Gasteiger partial charge in [0.05, 0.1) is 27.5 Å². The summed E-state index contributed by atoms with van der Waals surface area (Å²) in [4.78, 5) is 28.1. The topological polar surface area (TPSA) is 85.1 Å². The van der Waals surface area contributed by atoms with E-state index in [0.29, 0.717) is 24.2 Å². The number of halogens is 3. The van der Waals surface area contributed by atoms with Gasteiger partial charge in [0.25, 0.3) is 5.91 Å². The average molecular weight is 434 g/mol. The first-order chi connectivity index (χ1) is 13.9. The Bertz CT molecular complexity index is 1140. The number of aromatic nitrogens is 3. The van der Waals surface area contributed by atoms with Crippen molar-refractivity contribution in [3.63, 3.8) is 0 Å². The summed E-state index contributed by atoms with van der Waals surface area (Å²) in [6.45, 7) is 0. The second-order valence-electron chi connectivity index (χ2n) is 6.66. The number of aromatic carboxylic acids is 1. The molecule has 2 heterocycles. The van der Waals surface area contributed by atoms with E-state index in [1.54, 1.807) is 0 Å². The number of fused-ring (bicyclic) bond motifs is 1. The largest absolute Gasteiger partial charge is 0.478 e. The third kappa shape index (κ3) is 3.41. The summed E-state index contributed by atoms with van der Waals surface area (Å²) in [5.41, 5.74) is 1.77. The molecule has 1 aliphatic rings. The standard InChI is InChI=1S/C20H14Cl2FN3O3/c21-13-7-8-24-18(22)16(13)19(27)26-15-4-2-1-3-12(15)17(25-26)11-6-5-10(20(28)29)9-14(11)23/h5-9H,1-4H2,(H,28,29). The fraction of sp³-hybridized carbons (Fsp3) is 0.200. The maximum Gasteiger partial charge on any atom is 0.335 e. The van der Waals surface area contributed by atoms with Gasteiger partial charge in [0.2, 0.25) is 0 Å². The number of hydrogen-bond acceptors (Lipinski definition) is 4. The molecule has 0 spiro atoms. The highest BCUT2D eigenvalue weighted by atomic mass is 35.5. The Morgan fingerprint density at radius 3 is 2.59 bits per heavy atom. The quantitative estimate of drug-likeness (QED) is 0.607. The van der Waals surface area contributed by atoms with Crippen LogP contribution in [0.4, 0.5) is 4.39 Å². The Kier molecular flexibility index (Phi) is 5.10. The number of pyridine rings is 1. The molecular weight excluding hydrogens is 420 g/mol. The monoisotopic (exact) mass is 433 g/mol. The highest BCUT2D eigenvalue weighted by Gasteiger charge is 2.28. The zero-order chi connectivity index (χ0) is 20.7. The van der Waals surface area contributed by atoms with Crippen LogP contribution in [0.2, 0.25) is 10.2 Å². The molecule has 2 aromatic heterocycles. The molecule has 0 saturated carbocycles. The van der Waals surface area contributed by atoms with Crippen LogP contribution in [-0.4, -0.2) is 31.7 Å². The Morgan fingerprint density at radius 1 is 1.14 bits per heavy atom. The maximum absolute atomic E-state index is 14.7. The van der Waals surface area contributed by atoms with Crippen LogP contribution in [0.25, 0.3) is 11.3 Å². The van der Waals surface area contributed by atoms with E-state index < -0.39 is 17.7 Å². The minimum Gasteiger partial charge on any atom is -0.478 e. The van der Waals surface area contributed by atoms with Gasteiger partial charge in [0, 0.05) is 17.3 Å². The number of carbonyl (C=O) groups is 2. The van der Waals surface area contributed by atoms with E-state index in [0.717, 1.165) is 24.5 Å². The van der Waals surface area contributed by atoms with Crippen molar-refractivity contribution in [2.24, 2.45) is 0 Å². The van der Waals surface area contributed by atoms with Gasteiger partial charge in [-0.05, 0) is 49.9 Å². The van der Waals surface area contributed by atoms with Crippen LogP contribution in [-0.2, 0) is 12.8 Å². The van der Waals surface area contributed by atoms with Gasteiger partial charge >= 0.3 is 5.97 Å². The fourth-order valence-electron chi connectivity index (χ4n) is 3.53. The van der Waals surface area contributed by atoms with Gasteiger partial charge in [-0.15, -0.1) is 0 Å². The van der Waals surface area contributed by atoms with Crippen LogP contribution >= 0.6 is 23.2 Å².